The van der Waals surface area contributed by atoms with Gasteiger partial charge in [-0.3, -0.25) is 4.79 Å². The number of hydrogen-bond acceptors (Lipinski definition) is 5. The molecule has 0 spiro atoms. The SMILES string of the molecule is Cn1cnc(C(=O)N(Cc2ccc(F)c(-c3ccc(F)c(OCCOCc4ccccc4)c3)c2)C2CCOCC2)c1. The molecule has 7 nitrogen and oxygen atoms in total. The number of aromatic nitrogens is 2. The molecular weight excluding hydrogens is 528 g/mol. The van der Waals surface area contributed by atoms with Gasteiger partial charge in [0.1, 0.15) is 18.1 Å². The summed E-state index contributed by atoms with van der Waals surface area (Å²) in [6.45, 7) is 2.26. The van der Waals surface area contributed by atoms with Crippen LogP contribution in [0.15, 0.2) is 79.3 Å². The van der Waals surface area contributed by atoms with Crippen LogP contribution in [0.1, 0.15) is 34.5 Å². The first-order chi connectivity index (χ1) is 20.0. The lowest BCUT2D eigenvalue weighted by Crippen LogP contribution is -2.43. The summed E-state index contributed by atoms with van der Waals surface area (Å²) in [5.41, 5.74) is 2.91. The maximum atomic E-state index is 15.1. The van der Waals surface area contributed by atoms with Gasteiger partial charge in [0.05, 0.1) is 19.5 Å². The van der Waals surface area contributed by atoms with Crippen molar-refractivity contribution in [3.05, 3.63) is 108 Å². The van der Waals surface area contributed by atoms with Crippen molar-refractivity contribution in [2.24, 2.45) is 7.05 Å². The van der Waals surface area contributed by atoms with Crippen molar-refractivity contribution in [1.82, 2.24) is 14.5 Å². The molecule has 1 fully saturated rings. The van der Waals surface area contributed by atoms with Gasteiger partial charge in [-0.05, 0) is 53.8 Å². The molecule has 3 aromatic carbocycles. The van der Waals surface area contributed by atoms with Crippen LogP contribution in [0.4, 0.5) is 8.78 Å². The Morgan fingerprint density at radius 2 is 1.78 bits per heavy atom. The number of halogens is 2. The number of carbonyl (C=O) groups is 1. The van der Waals surface area contributed by atoms with Crippen molar-refractivity contribution in [3.8, 4) is 16.9 Å². The molecule has 1 saturated heterocycles. The summed E-state index contributed by atoms with van der Waals surface area (Å²) >= 11 is 0. The van der Waals surface area contributed by atoms with Crippen LogP contribution in [0.25, 0.3) is 11.1 Å². The van der Waals surface area contributed by atoms with Crippen LogP contribution in [0, 0.1) is 11.6 Å². The van der Waals surface area contributed by atoms with Crippen LogP contribution in [0.5, 0.6) is 5.75 Å². The Balaban J connectivity index is 1.30. The van der Waals surface area contributed by atoms with Crippen molar-refractivity contribution in [2.45, 2.75) is 32.0 Å². The quantitative estimate of drug-likeness (QED) is 0.217. The monoisotopic (exact) mass is 561 g/mol. The molecule has 0 radical (unpaired) electrons. The van der Waals surface area contributed by atoms with E-state index < -0.39 is 11.6 Å². The van der Waals surface area contributed by atoms with Crippen molar-refractivity contribution in [3.63, 3.8) is 0 Å². The molecule has 214 valence electrons. The summed E-state index contributed by atoms with van der Waals surface area (Å²) < 4.78 is 48.1. The normalized spacial score (nSPS) is 13.7. The van der Waals surface area contributed by atoms with Gasteiger partial charge in [-0.15, -0.1) is 0 Å². The highest BCUT2D eigenvalue weighted by atomic mass is 19.1. The Labute approximate surface area is 238 Å². The molecule has 0 bridgehead atoms. The lowest BCUT2D eigenvalue weighted by atomic mass is 10.0. The standard InChI is InChI=1S/C32H33F2N3O4/c1-36-20-30(35-22-36)32(38)37(26-11-13-39-14-12-26)19-24-7-9-28(33)27(17-24)25-8-10-29(34)31(18-25)41-16-15-40-21-23-5-3-2-4-6-23/h2-10,17-18,20,22,26H,11-16,19,21H2,1H3. The van der Waals surface area contributed by atoms with Gasteiger partial charge in [-0.2, -0.15) is 0 Å². The molecular formula is C32H33F2N3O4. The van der Waals surface area contributed by atoms with E-state index in [2.05, 4.69) is 4.98 Å². The van der Waals surface area contributed by atoms with E-state index in [0.29, 0.717) is 49.5 Å². The molecule has 9 heteroatoms. The summed E-state index contributed by atoms with van der Waals surface area (Å²) in [5, 5.41) is 0. The van der Waals surface area contributed by atoms with E-state index >= 15 is 4.39 Å². The van der Waals surface area contributed by atoms with Gasteiger partial charge in [0.15, 0.2) is 11.6 Å². The van der Waals surface area contributed by atoms with Crippen molar-refractivity contribution < 1.29 is 27.8 Å². The predicted molar refractivity (Wildman–Crippen MR) is 150 cm³/mol. The number of imidazole rings is 1. The minimum Gasteiger partial charge on any atom is -0.488 e. The van der Waals surface area contributed by atoms with Gasteiger partial charge in [-0.1, -0.05) is 42.5 Å². The van der Waals surface area contributed by atoms with Gasteiger partial charge in [0, 0.05) is 44.6 Å². The molecule has 2 heterocycles. The first-order valence-electron chi connectivity index (χ1n) is 13.7. The molecule has 0 N–H and O–H groups in total. The number of rotatable bonds is 11. The van der Waals surface area contributed by atoms with Crippen LogP contribution in [0.2, 0.25) is 0 Å². The second-order valence-electron chi connectivity index (χ2n) is 10.0. The summed E-state index contributed by atoms with van der Waals surface area (Å²) in [6, 6.07) is 18.7. The zero-order chi connectivity index (χ0) is 28.6. The third-order valence-electron chi connectivity index (χ3n) is 7.04. The van der Waals surface area contributed by atoms with Crippen LogP contribution in [-0.4, -0.2) is 52.8 Å². The van der Waals surface area contributed by atoms with E-state index in [1.165, 1.54) is 24.3 Å². The smallest absolute Gasteiger partial charge is 0.274 e. The highest BCUT2D eigenvalue weighted by molar-refractivity contribution is 5.92. The van der Waals surface area contributed by atoms with Crippen molar-refractivity contribution in [1.29, 1.82) is 0 Å². The van der Waals surface area contributed by atoms with Gasteiger partial charge < -0.3 is 23.7 Å². The van der Waals surface area contributed by atoms with Gasteiger partial charge in [0.2, 0.25) is 0 Å². The van der Waals surface area contributed by atoms with E-state index in [1.54, 1.807) is 34.1 Å². The highest BCUT2D eigenvalue weighted by Gasteiger charge is 2.28. The molecule has 0 saturated carbocycles. The fraction of sp³-hybridized carbons (Fsp3) is 0.312. The number of ether oxygens (including phenoxy) is 3. The number of nitrogens with zero attached hydrogens (tertiary/aromatic N) is 3. The fourth-order valence-corrected chi connectivity index (χ4v) is 4.88. The van der Waals surface area contributed by atoms with Gasteiger partial charge in [0.25, 0.3) is 5.91 Å². The van der Waals surface area contributed by atoms with E-state index in [0.717, 1.165) is 11.1 Å². The lowest BCUT2D eigenvalue weighted by molar-refractivity contribution is 0.0264. The van der Waals surface area contributed by atoms with E-state index in [9.17, 15) is 9.18 Å². The van der Waals surface area contributed by atoms with Gasteiger partial charge >= 0.3 is 0 Å². The molecule has 41 heavy (non-hydrogen) atoms. The zero-order valence-corrected chi connectivity index (χ0v) is 23.0. The zero-order valence-electron chi connectivity index (χ0n) is 23.0. The molecule has 1 aliphatic heterocycles. The second-order valence-corrected chi connectivity index (χ2v) is 10.0. The summed E-state index contributed by atoms with van der Waals surface area (Å²) in [7, 11) is 1.81. The van der Waals surface area contributed by atoms with Crippen molar-refractivity contribution in [2.75, 3.05) is 26.4 Å². The predicted octanol–water partition coefficient (Wildman–Crippen LogP) is 5.78. The van der Waals surface area contributed by atoms with Crippen LogP contribution >= 0.6 is 0 Å². The van der Waals surface area contributed by atoms with E-state index in [4.69, 9.17) is 14.2 Å². The van der Waals surface area contributed by atoms with Crippen molar-refractivity contribution >= 4 is 5.91 Å². The van der Waals surface area contributed by atoms with Crippen LogP contribution in [-0.2, 0) is 29.7 Å². The molecule has 5 rings (SSSR count). The number of amides is 1. The van der Waals surface area contributed by atoms with Crippen LogP contribution < -0.4 is 4.74 Å². The summed E-state index contributed by atoms with van der Waals surface area (Å²) in [4.78, 5) is 19.5. The largest absolute Gasteiger partial charge is 0.488 e. The molecule has 1 aromatic heterocycles. The average Bonchev–Trinajstić information content (AvgIpc) is 3.44. The number of hydrogen-bond donors (Lipinski definition) is 0. The highest BCUT2D eigenvalue weighted by Crippen LogP contribution is 2.30. The Morgan fingerprint density at radius 3 is 2.54 bits per heavy atom. The Kier molecular flexibility index (Phi) is 9.38. The van der Waals surface area contributed by atoms with Gasteiger partial charge in [-0.25, -0.2) is 13.8 Å². The maximum Gasteiger partial charge on any atom is 0.274 e. The van der Waals surface area contributed by atoms with E-state index in [1.807, 2.05) is 37.4 Å². The first kappa shape index (κ1) is 28.4. The maximum absolute atomic E-state index is 15.1. The third-order valence-corrected chi connectivity index (χ3v) is 7.04. The Hall–Kier alpha value is -4.08. The molecule has 1 amide bonds. The average molecular weight is 562 g/mol. The minimum absolute atomic E-state index is 0.0183. The fourth-order valence-electron chi connectivity index (χ4n) is 4.88. The second kappa shape index (κ2) is 13.5. The molecule has 0 atom stereocenters. The number of benzene rings is 3. The lowest BCUT2D eigenvalue weighted by Gasteiger charge is -2.34. The molecule has 0 aliphatic carbocycles. The molecule has 0 unspecified atom stereocenters. The molecule has 1 aliphatic rings. The third kappa shape index (κ3) is 7.36. The summed E-state index contributed by atoms with van der Waals surface area (Å²) in [6.07, 6.45) is 4.70. The van der Waals surface area contributed by atoms with E-state index in [-0.39, 0.29) is 37.5 Å². The number of aryl methyl sites for hydroxylation is 1. The first-order valence-corrected chi connectivity index (χ1v) is 13.7. The summed E-state index contributed by atoms with van der Waals surface area (Å²) in [5.74, 6) is -1.16. The topological polar surface area (TPSA) is 65.8 Å². The minimum atomic E-state index is -0.542. The Bertz CT molecular complexity index is 1450. The van der Waals surface area contributed by atoms with Crippen LogP contribution in [0.3, 0.4) is 0 Å². The molecule has 4 aromatic rings. The Morgan fingerprint density at radius 1 is 1.00 bits per heavy atom. The number of carbonyl (C=O) groups excluding carboxylic acids is 1.